The Morgan fingerprint density at radius 3 is 2.67 bits per heavy atom. The van der Waals surface area contributed by atoms with Gasteiger partial charge in [0.15, 0.2) is 11.9 Å². The Labute approximate surface area is 121 Å². The zero-order valence-corrected chi connectivity index (χ0v) is 12.0. The van der Waals surface area contributed by atoms with Crippen LogP contribution in [0, 0.1) is 5.92 Å². The average molecular weight is 291 g/mol. The molecule has 1 aromatic heterocycles. The summed E-state index contributed by atoms with van der Waals surface area (Å²) in [5.41, 5.74) is 6.93. The number of rotatable bonds is 5. The number of nitrogens with two attached hydrogens (primary N) is 1. The van der Waals surface area contributed by atoms with Crippen LogP contribution in [0.5, 0.6) is 5.75 Å². The van der Waals surface area contributed by atoms with Crippen molar-refractivity contribution >= 4 is 11.7 Å². The predicted octanol–water partition coefficient (Wildman–Crippen LogP) is 1.21. The van der Waals surface area contributed by atoms with Gasteiger partial charge in [0.1, 0.15) is 5.75 Å². The highest BCUT2D eigenvalue weighted by molar-refractivity contribution is 5.74. The molecule has 0 fully saturated rings. The van der Waals surface area contributed by atoms with Gasteiger partial charge < -0.3 is 15.6 Å². The lowest BCUT2D eigenvalue weighted by Crippen LogP contribution is -2.26. The number of carboxylic acid groups (broad SMARTS) is 1. The van der Waals surface area contributed by atoms with E-state index in [1.165, 1.54) is 11.8 Å². The number of carbonyl (C=O) groups is 1. The maximum absolute atomic E-state index is 11.4. The van der Waals surface area contributed by atoms with Gasteiger partial charge in [-0.25, -0.2) is 9.48 Å². The number of hydrogen-bond donors (Lipinski definition) is 2. The number of carboxylic acids is 1. The zero-order chi connectivity index (χ0) is 15.6. The quantitative estimate of drug-likeness (QED) is 0.795. The summed E-state index contributed by atoms with van der Waals surface area (Å²) in [4.78, 5) is 11.4. The molecule has 0 amide bonds. The molecule has 0 aliphatic heterocycles. The van der Waals surface area contributed by atoms with Gasteiger partial charge in [-0.15, -0.1) is 5.10 Å². The standard InChI is InChI=1S/C13H17N5O3/c1-7(2)11(13(19)20)18-12(15-16-17-18)8-4-5-10(21-3)9(14)6-8/h4-7,11H,14H2,1-3H3,(H,19,20). The van der Waals surface area contributed by atoms with Crippen molar-refractivity contribution in [3.8, 4) is 17.1 Å². The highest BCUT2D eigenvalue weighted by Crippen LogP contribution is 2.29. The first kappa shape index (κ1) is 14.8. The van der Waals surface area contributed by atoms with Crippen LogP contribution >= 0.6 is 0 Å². The average Bonchev–Trinajstić information content (AvgIpc) is 2.86. The summed E-state index contributed by atoms with van der Waals surface area (Å²) >= 11 is 0. The molecule has 1 heterocycles. The highest BCUT2D eigenvalue weighted by Gasteiger charge is 2.28. The predicted molar refractivity (Wildman–Crippen MR) is 75.7 cm³/mol. The smallest absolute Gasteiger partial charge is 0.328 e. The van der Waals surface area contributed by atoms with Gasteiger partial charge in [0.2, 0.25) is 0 Å². The molecule has 0 aliphatic rings. The fourth-order valence-corrected chi connectivity index (χ4v) is 2.12. The number of aromatic nitrogens is 4. The van der Waals surface area contributed by atoms with E-state index >= 15 is 0 Å². The van der Waals surface area contributed by atoms with Crippen molar-refractivity contribution in [1.82, 2.24) is 20.2 Å². The molecule has 0 spiro atoms. The molecule has 1 atom stereocenters. The van der Waals surface area contributed by atoms with E-state index in [0.717, 1.165) is 0 Å². The second-order valence-corrected chi connectivity index (χ2v) is 4.93. The Kier molecular flexibility index (Phi) is 4.06. The maximum Gasteiger partial charge on any atom is 0.328 e. The number of nitrogens with zero attached hydrogens (tertiary/aromatic N) is 4. The van der Waals surface area contributed by atoms with E-state index in [0.29, 0.717) is 22.8 Å². The first-order valence-electron chi connectivity index (χ1n) is 6.40. The van der Waals surface area contributed by atoms with E-state index in [1.807, 2.05) is 0 Å². The minimum Gasteiger partial charge on any atom is -0.495 e. The van der Waals surface area contributed by atoms with Crippen molar-refractivity contribution in [3.05, 3.63) is 18.2 Å². The topological polar surface area (TPSA) is 116 Å². The van der Waals surface area contributed by atoms with Crippen LogP contribution in [0.15, 0.2) is 18.2 Å². The first-order chi connectivity index (χ1) is 9.95. The normalized spacial score (nSPS) is 12.4. The lowest BCUT2D eigenvalue weighted by molar-refractivity contribution is -0.142. The van der Waals surface area contributed by atoms with Gasteiger partial charge >= 0.3 is 5.97 Å². The third kappa shape index (κ3) is 2.78. The van der Waals surface area contributed by atoms with Crippen LogP contribution in [-0.4, -0.2) is 38.4 Å². The van der Waals surface area contributed by atoms with E-state index in [9.17, 15) is 9.90 Å². The van der Waals surface area contributed by atoms with Crippen LogP contribution in [0.25, 0.3) is 11.4 Å². The molecule has 1 aromatic carbocycles. The Hall–Kier alpha value is -2.64. The molecule has 0 saturated carbocycles. The number of tetrazole rings is 1. The van der Waals surface area contributed by atoms with Crippen LogP contribution in [0.2, 0.25) is 0 Å². The Morgan fingerprint density at radius 1 is 1.43 bits per heavy atom. The van der Waals surface area contributed by atoms with Crippen molar-refractivity contribution in [2.45, 2.75) is 19.9 Å². The van der Waals surface area contributed by atoms with E-state index < -0.39 is 12.0 Å². The van der Waals surface area contributed by atoms with Gasteiger partial charge in [-0.3, -0.25) is 0 Å². The fourth-order valence-electron chi connectivity index (χ4n) is 2.12. The van der Waals surface area contributed by atoms with Crippen LogP contribution in [-0.2, 0) is 4.79 Å². The largest absolute Gasteiger partial charge is 0.495 e. The maximum atomic E-state index is 11.4. The molecule has 8 nitrogen and oxygen atoms in total. The number of benzene rings is 1. The van der Waals surface area contributed by atoms with Gasteiger partial charge in [0.25, 0.3) is 0 Å². The van der Waals surface area contributed by atoms with Crippen LogP contribution < -0.4 is 10.5 Å². The van der Waals surface area contributed by atoms with Crippen molar-refractivity contribution in [2.24, 2.45) is 5.92 Å². The molecular formula is C13H17N5O3. The molecule has 0 aliphatic carbocycles. The highest BCUT2D eigenvalue weighted by atomic mass is 16.5. The third-order valence-corrected chi connectivity index (χ3v) is 3.13. The summed E-state index contributed by atoms with van der Waals surface area (Å²) in [6.45, 7) is 3.60. The molecule has 3 N–H and O–H groups in total. The van der Waals surface area contributed by atoms with Crippen molar-refractivity contribution in [2.75, 3.05) is 12.8 Å². The monoisotopic (exact) mass is 291 g/mol. The molecule has 0 bridgehead atoms. The van der Waals surface area contributed by atoms with Gasteiger partial charge in [0.05, 0.1) is 12.8 Å². The number of anilines is 1. The third-order valence-electron chi connectivity index (χ3n) is 3.13. The second kappa shape index (κ2) is 5.78. The lowest BCUT2D eigenvalue weighted by Gasteiger charge is -2.17. The summed E-state index contributed by atoms with van der Waals surface area (Å²) < 4.78 is 6.39. The van der Waals surface area contributed by atoms with Crippen LogP contribution in [0.4, 0.5) is 5.69 Å². The van der Waals surface area contributed by atoms with E-state index in [-0.39, 0.29) is 5.92 Å². The SMILES string of the molecule is COc1ccc(-c2nnnn2C(C(=O)O)C(C)C)cc1N. The fraction of sp³-hybridized carbons (Fsp3) is 0.385. The molecule has 0 radical (unpaired) electrons. The Balaban J connectivity index is 2.49. The Morgan fingerprint density at radius 2 is 2.14 bits per heavy atom. The van der Waals surface area contributed by atoms with Crippen molar-refractivity contribution in [3.63, 3.8) is 0 Å². The molecule has 2 rings (SSSR count). The van der Waals surface area contributed by atoms with Gasteiger partial charge in [-0.05, 0) is 34.5 Å². The van der Waals surface area contributed by atoms with E-state index in [2.05, 4.69) is 15.5 Å². The van der Waals surface area contributed by atoms with Gasteiger partial charge in [-0.2, -0.15) is 0 Å². The molecule has 112 valence electrons. The lowest BCUT2D eigenvalue weighted by atomic mass is 10.0. The van der Waals surface area contributed by atoms with Crippen molar-refractivity contribution < 1.29 is 14.6 Å². The second-order valence-electron chi connectivity index (χ2n) is 4.93. The molecular weight excluding hydrogens is 274 g/mol. The van der Waals surface area contributed by atoms with Crippen LogP contribution in [0.3, 0.4) is 0 Å². The first-order valence-corrected chi connectivity index (χ1v) is 6.40. The molecule has 0 saturated heterocycles. The van der Waals surface area contributed by atoms with Gasteiger partial charge in [-0.1, -0.05) is 13.8 Å². The van der Waals surface area contributed by atoms with Crippen molar-refractivity contribution in [1.29, 1.82) is 0 Å². The van der Waals surface area contributed by atoms with E-state index in [1.54, 1.807) is 32.0 Å². The van der Waals surface area contributed by atoms with E-state index in [4.69, 9.17) is 10.5 Å². The summed E-state index contributed by atoms with van der Waals surface area (Å²) in [7, 11) is 1.52. The Bertz CT molecular complexity index is 653. The van der Waals surface area contributed by atoms with Gasteiger partial charge in [0, 0.05) is 5.56 Å². The summed E-state index contributed by atoms with van der Waals surface area (Å²) in [5, 5.41) is 20.7. The number of hydrogen-bond acceptors (Lipinski definition) is 6. The number of methoxy groups -OCH3 is 1. The molecule has 21 heavy (non-hydrogen) atoms. The van der Waals surface area contributed by atoms with Crippen LogP contribution in [0.1, 0.15) is 19.9 Å². The summed E-state index contributed by atoms with van der Waals surface area (Å²) in [5.74, 6) is -0.262. The summed E-state index contributed by atoms with van der Waals surface area (Å²) in [6, 6.07) is 4.23. The number of ether oxygens (including phenoxy) is 1. The minimum atomic E-state index is -0.986. The molecule has 8 heteroatoms. The minimum absolute atomic E-state index is 0.166. The molecule has 2 aromatic rings. The number of nitrogen functional groups attached to an aromatic ring is 1. The number of aliphatic carboxylic acids is 1. The zero-order valence-electron chi connectivity index (χ0n) is 12.0. The summed E-state index contributed by atoms with van der Waals surface area (Å²) in [6.07, 6.45) is 0. The molecule has 1 unspecified atom stereocenters.